The lowest BCUT2D eigenvalue weighted by Crippen LogP contribution is -2.31. The molecular formula is C25H47NO3. The van der Waals surface area contributed by atoms with Crippen LogP contribution in [0, 0.1) is 5.92 Å². The number of hydrogen-bond donors (Lipinski definition) is 2. The first-order valence-corrected chi connectivity index (χ1v) is 12.3. The van der Waals surface area contributed by atoms with Crippen molar-refractivity contribution in [2.75, 3.05) is 6.54 Å². The van der Waals surface area contributed by atoms with Gasteiger partial charge in [-0.05, 0) is 19.3 Å². The number of allylic oxidation sites excluding steroid dienone is 1. The Morgan fingerprint density at radius 2 is 1.24 bits per heavy atom. The van der Waals surface area contributed by atoms with E-state index in [2.05, 4.69) is 12.2 Å². The molecule has 4 nitrogen and oxygen atoms in total. The van der Waals surface area contributed by atoms with Crippen LogP contribution in [0.1, 0.15) is 123 Å². The highest BCUT2D eigenvalue weighted by Gasteiger charge is 2.17. The molecule has 0 aliphatic heterocycles. The van der Waals surface area contributed by atoms with Gasteiger partial charge in [0, 0.05) is 6.54 Å². The molecule has 0 aliphatic carbocycles. The molecule has 2 N–H and O–H groups in total. The summed E-state index contributed by atoms with van der Waals surface area (Å²) in [6, 6.07) is 0. The van der Waals surface area contributed by atoms with Gasteiger partial charge in [-0.1, -0.05) is 109 Å². The molecule has 0 bridgehead atoms. The molecule has 0 aromatic heterocycles. The summed E-state index contributed by atoms with van der Waals surface area (Å²) in [5.41, 5.74) is 0. The van der Waals surface area contributed by atoms with E-state index in [1.807, 2.05) is 13.0 Å². The van der Waals surface area contributed by atoms with Crippen molar-refractivity contribution >= 4 is 11.9 Å². The Labute approximate surface area is 179 Å². The van der Waals surface area contributed by atoms with E-state index in [1.54, 1.807) is 6.08 Å². The molecule has 0 aromatic rings. The second kappa shape index (κ2) is 21.4. The van der Waals surface area contributed by atoms with Crippen molar-refractivity contribution in [3.05, 3.63) is 12.2 Å². The molecule has 1 amide bonds. The molecule has 0 spiro atoms. The minimum Gasteiger partial charge on any atom is -0.481 e. The number of aliphatic carboxylic acids is 1. The van der Waals surface area contributed by atoms with Crippen LogP contribution in [0.4, 0.5) is 0 Å². The lowest BCUT2D eigenvalue weighted by Gasteiger charge is -2.10. The number of carbonyl (C=O) groups excluding carboxylic acids is 1. The maximum Gasteiger partial charge on any atom is 0.304 e. The predicted octanol–water partition coefficient (Wildman–Crippen LogP) is 7.03. The molecule has 0 saturated heterocycles. The zero-order valence-corrected chi connectivity index (χ0v) is 19.2. The van der Waals surface area contributed by atoms with Crippen molar-refractivity contribution in [1.82, 2.24) is 5.32 Å². The van der Waals surface area contributed by atoms with E-state index < -0.39 is 11.9 Å². The normalized spacial score (nSPS) is 12.3. The largest absolute Gasteiger partial charge is 0.481 e. The van der Waals surface area contributed by atoms with Gasteiger partial charge in [0.25, 0.3) is 0 Å². The minimum absolute atomic E-state index is 0.134. The van der Waals surface area contributed by atoms with Crippen LogP contribution in [-0.4, -0.2) is 23.5 Å². The average molecular weight is 410 g/mol. The molecule has 29 heavy (non-hydrogen) atoms. The van der Waals surface area contributed by atoms with Crippen LogP contribution in [0.5, 0.6) is 0 Å². The molecule has 1 atom stereocenters. The quantitative estimate of drug-likeness (QED) is 0.158. The van der Waals surface area contributed by atoms with E-state index in [4.69, 9.17) is 5.11 Å². The van der Waals surface area contributed by atoms with Crippen LogP contribution in [0.25, 0.3) is 0 Å². The second-order valence-corrected chi connectivity index (χ2v) is 8.31. The van der Waals surface area contributed by atoms with E-state index in [0.717, 1.165) is 19.3 Å². The molecular weight excluding hydrogens is 362 g/mol. The third-order valence-corrected chi connectivity index (χ3v) is 5.37. The fourth-order valence-corrected chi connectivity index (χ4v) is 3.53. The van der Waals surface area contributed by atoms with Gasteiger partial charge < -0.3 is 10.4 Å². The standard InChI is InChI=1S/C25H47NO3/c1-3-5-6-7-8-9-10-11-12-13-14-15-16-17-18-19-20-23(22-24(27)28)25(29)26-21-4-2/h19-20,23H,3-18,21-22H2,1-2H3,(H,26,29)(H,27,28). The summed E-state index contributed by atoms with van der Waals surface area (Å²) in [6.45, 7) is 4.85. The molecule has 0 saturated carbocycles. The molecule has 0 fully saturated rings. The monoisotopic (exact) mass is 409 g/mol. The van der Waals surface area contributed by atoms with Crippen LogP contribution >= 0.6 is 0 Å². The third-order valence-electron chi connectivity index (χ3n) is 5.37. The number of carbonyl (C=O) groups is 2. The first kappa shape index (κ1) is 27.7. The molecule has 4 heteroatoms. The van der Waals surface area contributed by atoms with Gasteiger partial charge in [0.05, 0.1) is 12.3 Å². The van der Waals surface area contributed by atoms with E-state index in [9.17, 15) is 9.59 Å². The number of nitrogens with one attached hydrogen (secondary N) is 1. The Kier molecular flexibility index (Phi) is 20.4. The van der Waals surface area contributed by atoms with Crippen LogP contribution in [0.3, 0.4) is 0 Å². The molecule has 170 valence electrons. The number of hydrogen-bond acceptors (Lipinski definition) is 2. The Balaban J connectivity index is 3.59. The molecule has 1 unspecified atom stereocenters. The van der Waals surface area contributed by atoms with Gasteiger partial charge in [-0.15, -0.1) is 0 Å². The van der Waals surface area contributed by atoms with Gasteiger partial charge in [-0.3, -0.25) is 9.59 Å². The summed E-state index contributed by atoms with van der Waals surface area (Å²) in [4.78, 5) is 22.9. The Morgan fingerprint density at radius 3 is 1.69 bits per heavy atom. The highest BCUT2D eigenvalue weighted by atomic mass is 16.4. The fourth-order valence-electron chi connectivity index (χ4n) is 3.53. The van der Waals surface area contributed by atoms with Gasteiger partial charge in [-0.25, -0.2) is 0 Å². The van der Waals surface area contributed by atoms with Crippen LogP contribution in [0.2, 0.25) is 0 Å². The Hall–Kier alpha value is -1.32. The van der Waals surface area contributed by atoms with Crippen LogP contribution in [0.15, 0.2) is 12.2 Å². The lowest BCUT2D eigenvalue weighted by atomic mass is 10.0. The van der Waals surface area contributed by atoms with Crippen LogP contribution in [-0.2, 0) is 9.59 Å². The molecule has 0 rings (SSSR count). The summed E-state index contributed by atoms with van der Waals surface area (Å²) in [5, 5.41) is 11.8. The molecule has 0 aliphatic rings. The van der Waals surface area contributed by atoms with E-state index >= 15 is 0 Å². The van der Waals surface area contributed by atoms with E-state index in [0.29, 0.717) is 6.54 Å². The first-order chi connectivity index (χ1) is 14.1. The number of carboxylic acid groups (broad SMARTS) is 1. The van der Waals surface area contributed by atoms with Gasteiger partial charge >= 0.3 is 5.97 Å². The fraction of sp³-hybridized carbons (Fsp3) is 0.840. The number of amides is 1. The Bertz CT molecular complexity index is 420. The van der Waals surface area contributed by atoms with Gasteiger partial charge in [0.1, 0.15) is 0 Å². The second-order valence-electron chi connectivity index (χ2n) is 8.31. The van der Waals surface area contributed by atoms with Crippen molar-refractivity contribution in [1.29, 1.82) is 0 Å². The maximum absolute atomic E-state index is 12.0. The zero-order valence-electron chi connectivity index (χ0n) is 19.2. The van der Waals surface area contributed by atoms with E-state index in [-0.39, 0.29) is 12.3 Å². The van der Waals surface area contributed by atoms with Gasteiger partial charge in [0.15, 0.2) is 0 Å². The highest BCUT2D eigenvalue weighted by molar-refractivity contribution is 5.84. The SMILES string of the molecule is CCCCCCCCCCCCCCCCC=CC(CC(=O)O)C(=O)NCCC. The molecule has 0 aromatic carbocycles. The van der Waals surface area contributed by atoms with Crippen LogP contribution < -0.4 is 5.32 Å². The predicted molar refractivity (Wildman–Crippen MR) is 123 cm³/mol. The number of unbranched alkanes of at least 4 members (excludes halogenated alkanes) is 14. The summed E-state index contributed by atoms with van der Waals surface area (Å²) in [6.07, 6.45) is 24.3. The topological polar surface area (TPSA) is 66.4 Å². The summed E-state index contributed by atoms with van der Waals surface area (Å²) < 4.78 is 0. The summed E-state index contributed by atoms with van der Waals surface area (Å²) >= 11 is 0. The highest BCUT2D eigenvalue weighted by Crippen LogP contribution is 2.14. The first-order valence-electron chi connectivity index (χ1n) is 12.3. The molecule has 0 radical (unpaired) electrons. The summed E-state index contributed by atoms with van der Waals surface area (Å²) in [7, 11) is 0. The van der Waals surface area contributed by atoms with Crippen molar-refractivity contribution in [2.45, 2.75) is 123 Å². The average Bonchev–Trinajstić information content (AvgIpc) is 2.70. The minimum atomic E-state index is -0.928. The van der Waals surface area contributed by atoms with E-state index in [1.165, 1.54) is 83.5 Å². The molecule has 0 heterocycles. The smallest absolute Gasteiger partial charge is 0.304 e. The maximum atomic E-state index is 12.0. The lowest BCUT2D eigenvalue weighted by molar-refractivity contribution is -0.140. The van der Waals surface area contributed by atoms with Gasteiger partial charge in [-0.2, -0.15) is 0 Å². The Morgan fingerprint density at radius 1 is 0.759 bits per heavy atom. The van der Waals surface area contributed by atoms with Crippen molar-refractivity contribution in [3.8, 4) is 0 Å². The zero-order chi connectivity index (χ0) is 21.6. The van der Waals surface area contributed by atoms with Crippen molar-refractivity contribution < 1.29 is 14.7 Å². The number of rotatable bonds is 21. The van der Waals surface area contributed by atoms with Crippen molar-refractivity contribution in [2.24, 2.45) is 5.92 Å². The van der Waals surface area contributed by atoms with Gasteiger partial charge in [0.2, 0.25) is 5.91 Å². The third kappa shape index (κ3) is 19.8. The van der Waals surface area contributed by atoms with Crippen molar-refractivity contribution in [3.63, 3.8) is 0 Å². The summed E-state index contributed by atoms with van der Waals surface area (Å²) in [5.74, 6) is -1.65. The number of carboxylic acids is 1.